The predicted octanol–water partition coefficient (Wildman–Crippen LogP) is 2.83. The first-order valence-corrected chi connectivity index (χ1v) is 5.04. The average molecular weight is 290 g/mol. The maximum atomic E-state index is 10.8. The van der Waals surface area contributed by atoms with Crippen molar-refractivity contribution < 1.29 is 9.53 Å². The molecule has 0 radical (unpaired) electrons. The second-order valence-electron chi connectivity index (χ2n) is 2.91. The Hall–Kier alpha value is -0.580. The van der Waals surface area contributed by atoms with E-state index in [2.05, 4.69) is 22.6 Å². The third kappa shape index (κ3) is 2.43. The van der Waals surface area contributed by atoms with Gasteiger partial charge in [0.1, 0.15) is 5.75 Å². The Labute approximate surface area is 91.4 Å². The Morgan fingerprint density at radius 3 is 2.54 bits per heavy atom. The van der Waals surface area contributed by atoms with Gasteiger partial charge in [0, 0.05) is 16.1 Å². The van der Waals surface area contributed by atoms with Gasteiger partial charge in [0.15, 0.2) is 0 Å². The molecule has 0 heterocycles. The monoisotopic (exact) mass is 290 g/mol. The summed E-state index contributed by atoms with van der Waals surface area (Å²) < 4.78 is 6.22. The van der Waals surface area contributed by atoms with Crippen molar-refractivity contribution >= 4 is 28.6 Å². The van der Waals surface area contributed by atoms with Gasteiger partial charge >= 0.3 is 5.97 Å². The van der Waals surface area contributed by atoms with Gasteiger partial charge in [0.25, 0.3) is 0 Å². The number of carbonyl (C=O) groups is 1. The second kappa shape index (κ2) is 4.09. The number of carbonyl (C=O) groups excluding carboxylic acids is 1. The number of benzene rings is 1. The van der Waals surface area contributed by atoms with Gasteiger partial charge in [-0.1, -0.05) is 6.07 Å². The van der Waals surface area contributed by atoms with Crippen molar-refractivity contribution in [2.45, 2.75) is 20.8 Å². The Morgan fingerprint density at radius 2 is 2.00 bits per heavy atom. The quantitative estimate of drug-likeness (QED) is 0.451. The van der Waals surface area contributed by atoms with Crippen molar-refractivity contribution in [2.24, 2.45) is 0 Å². The normalized spacial score (nSPS) is 9.85. The molecule has 70 valence electrons. The minimum absolute atomic E-state index is 0.270. The highest BCUT2D eigenvalue weighted by atomic mass is 127. The summed E-state index contributed by atoms with van der Waals surface area (Å²) in [5.41, 5.74) is 2.02. The molecule has 3 heteroatoms. The SMILES string of the molecule is CC(=O)Oc1c(C)ccc(I)c1C. The van der Waals surface area contributed by atoms with E-state index in [1.807, 2.05) is 26.0 Å². The van der Waals surface area contributed by atoms with Gasteiger partial charge in [-0.25, -0.2) is 0 Å². The Balaban J connectivity index is 3.17. The summed E-state index contributed by atoms with van der Waals surface area (Å²) in [5.74, 6) is 0.424. The fourth-order valence-electron chi connectivity index (χ4n) is 1.10. The highest BCUT2D eigenvalue weighted by Crippen LogP contribution is 2.27. The maximum absolute atomic E-state index is 10.8. The van der Waals surface area contributed by atoms with Crippen LogP contribution in [0.5, 0.6) is 5.75 Å². The second-order valence-corrected chi connectivity index (χ2v) is 4.07. The van der Waals surface area contributed by atoms with E-state index in [-0.39, 0.29) is 5.97 Å². The predicted molar refractivity (Wildman–Crippen MR) is 59.9 cm³/mol. The zero-order chi connectivity index (χ0) is 10.0. The first-order valence-electron chi connectivity index (χ1n) is 3.96. The van der Waals surface area contributed by atoms with E-state index >= 15 is 0 Å². The van der Waals surface area contributed by atoms with E-state index in [1.54, 1.807) is 0 Å². The molecule has 0 saturated heterocycles. The molecule has 0 fully saturated rings. The first kappa shape index (κ1) is 10.5. The molecule has 0 unspecified atom stereocenters. The van der Waals surface area contributed by atoms with Crippen molar-refractivity contribution in [3.05, 3.63) is 26.8 Å². The van der Waals surface area contributed by atoms with Crippen LogP contribution in [0.4, 0.5) is 0 Å². The molecule has 13 heavy (non-hydrogen) atoms. The minimum atomic E-state index is -0.270. The van der Waals surface area contributed by atoms with Crippen LogP contribution in [-0.2, 0) is 4.79 Å². The molecule has 0 aliphatic carbocycles. The van der Waals surface area contributed by atoms with Crippen molar-refractivity contribution in [1.82, 2.24) is 0 Å². The molecule has 0 aliphatic heterocycles. The third-order valence-corrected chi connectivity index (χ3v) is 2.95. The van der Waals surface area contributed by atoms with Crippen molar-refractivity contribution in [1.29, 1.82) is 0 Å². The Morgan fingerprint density at radius 1 is 1.38 bits per heavy atom. The fraction of sp³-hybridized carbons (Fsp3) is 0.300. The minimum Gasteiger partial charge on any atom is -0.426 e. The zero-order valence-electron chi connectivity index (χ0n) is 7.85. The highest BCUT2D eigenvalue weighted by molar-refractivity contribution is 14.1. The van der Waals surface area contributed by atoms with Crippen molar-refractivity contribution in [2.75, 3.05) is 0 Å². The van der Waals surface area contributed by atoms with Gasteiger partial charge < -0.3 is 4.74 Å². The van der Waals surface area contributed by atoms with E-state index in [0.29, 0.717) is 5.75 Å². The topological polar surface area (TPSA) is 26.3 Å². The number of hydrogen-bond donors (Lipinski definition) is 0. The molecule has 0 aliphatic rings. The molecule has 1 aromatic carbocycles. The largest absolute Gasteiger partial charge is 0.426 e. The Kier molecular flexibility index (Phi) is 3.30. The molecule has 0 bridgehead atoms. The molecule has 0 atom stereocenters. The summed E-state index contributed by atoms with van der Waals surface area (Å²) >= 11 is 2.22. The molecule has 1 rings (SSSR count). The first-order chi connectivity index (χ1) is 6.02. The number of hydrogen-bond acceptors (Lipinski definition) is 2. The fourth-order valence-corrected chi connectivity index (χ4v) is 1.53. The van der Waals surface area contributed by atoms with Crippen LogP contribution in [0.25, 0.3) is 0 Å². The molecular weight excluding hydrogens is 279 g/mol. The summed E-state index contributed by atoms with van der Waals surface area (Å²) in [6.45, 7) is 5.30. The van der Waals surface area contributed by atoms with Gasteiger partial charge in [0.05, 0.1) is 0 Å². The third-order valence-electron chi connectivity index (χ3n) is 1.78. The molecule has 0 spiro atoms. The van der Waals surface area contributed by atoms with E-state index in [0.717, 1.165) is 14.7 Å². The summed E-state index contributed by atoms with van der Waals surface area (Å²) in [7, 11) is 0. The lowest BCUT2D eigenvalue weighted by Crippen LogP contribution is -2.05. The van der Waals surface area contributed by atoms with Gasteiger partial charge in [0.2, 0.25) is 0 Å². The van der Waals surface area contributed by atoms with Crippen LogP contribution in [0, 0.1) is 17.4 Å². The lowest BCUT2D eigenvalue weighted by Gasteiger charge is -2.09. The maximum Gasteiger partial charge on any atom is 0.308 e. The van der Waals surface area contributed by atoms with Crippen LogP contribution in [0.2, 0.25) is 0 Å². The van der Waals surface area contributed by atoms with E-state index < -0.39 is 0 Å². The van der Waals surface area contributed by atoms with Crippen molar-refractivity contribution in [3.63, 3.8) is 0 Å². The average Bonchev–Trinajstić information content (AvgIpc) is 2.05. The van der Waals surface area contributed by atoms with E-state index in [9.17, 15) is 4.79 Å². The molecule has 0 aromatic heterocycles. The molecule has 2 nitrogen and oxygen atoms in total. The zero-order valence-corrected chi connectivity index (χ0v) is 10.0. The number of ether oxygens (including phenoxy) is 1. The lowest BCUT2D eigenvalue weighted by atomic mass is 10.1. The molecule has 0 amide bonds. The number of aryl methyl sites for hydroxylation is 1. The van der Waals surface area contributed by atoms with Crippen LogP contribution in [0.3, 0.4) is 0 Å². The van der Waals surface area contributed by atoms with E-state index in [4.69, 9.17) is 4.74 Å². The molecule has 0 N–H and O–H groups in total. The summed E-state index contributed by atoms with van der Waals surface area (Å²) in [6.07, 6.45) is 0. The number of rotatable bonds is 1. The van der Waals surface area contributed by atoms with Crippen LogP contribution in [0.1, 0.15) is 18.1 Å². The summed E-state index contributed by atoms with van der Waals surface area (Å²) in [5, 5.41) is 0. The standard InChI is InChI=1S/C10H11IO2/c1-6-4-5-9(11)7(2)10(6)13-8(3)12/h4-5H,1-3H3. The van der Waals surface area contributed by atoms with Crippen LogP contribution in [-0.4, -0.2) is 5.97 Å². The Bertz CT molecular complexity index is 345. The molecule has 0 saturated carbocycles. The van der Waals surface area contributed by atoms with Crippen LogP contribution >= 0.6 is 22.6 Å². The van der Waals surface area contributed by atoms with Crippen LogP contribution in [0.15, 0.2) is 12.1 Å². The lowest BCUT2D eigenvalue weighted by molar-refractivity contribution is -0.131. The number of esters is 1. The van der Waals surface area contributed by atoms with Gasteiger partial charge in [-0.2, -0.15) is 0 Å². The summed E-state index contributed by atoms with van der Waals surface area (Å²) in [6, 6.07) is 3.96. The summed E-state index contributed by atoms with van der Waals surface area (Å²) in [4.78, 5) is 10.8. The van der Waals surface area contributed by atoms with Gasteiger partial charge in [-0.15, -0.1) is 0 Å². The van der Waals surface area contributed by atoms with Crippen molar-refractivity contribution in [3.8, 4) is 5.75 Å². The highest BCUT2D eigenvalue weighted by Gasteiger charge is 2.08. The number of halogens is 1. The van der Waals surface area contributed by atoms with Gasteiger partial charge in [-0.3, -0.25) is 4.79 Å². The molecule has 1 aromatic rings. The van der Waals surface area contributed by atoms with Gasteiger partial charge in [-0.05, 0) is 48.1 Å². The molecular formula is C10H11IO2. The smallest absolute Gasteiger partial charge is 0.308 e. The van der Waals surface area contributed by atoms with E-state index in [1.165, 1.54) is 6.92 Å². The van der Waals surface area contributed by atoms with Crippen LogP contribution < -0.4 is 4.74 Å².